The lowest BCUT2D eigenvalue weighted by Gasteiger charge is -2.38. The summed E-state index contributed by atoms with van der Waals surface area (Å²) < 4.78 is 1.86. The summed E-state index contributed by atoms with van der Waals surface area (Å²) in [7, 11) is 0. The van der Waals surface area contributed by atoms with Crippen molar-refractivity contribution in [2.24, 2.45) is 5.92 Å². The minimum atomic E-state index is -0.538. The van der Waals surface area contributed by atoms with E-state index in [1.54, 1.807) is 6.20 Å². The molecule has 1 aromatic heterocycles. The number of amides is 1. The summed E-state index contributed by atoms with van der Waals surface area (Å²) in [5, 5.41) is 11.0. The van der Waals surface area contributed by atoms with Gasteiger partial charge in [0.2, 0.25) is 5.91 Å². The quantitative estimate of drug-likeness (QED) is 0.850. The van der Waals surface area contributed by atoms with Crippen molar-refractivity contribution < 1.29 is 4.79 Å². The molecule has 2 N–H and O–H groups in total. The van der Waals surface area contributed by atoms with E-state index in [2.05, 4.69) is 34.5 Å². The lowest BCUT2D eigenvalue weighted by atomic mass is 9.87. The van der Waals surface area contributed by atoms with E-state index in [0.29, 0.717) is 12.6 Å². The number of piperidine rings is 2. The molecule has 0 saturated carbocycles. The first-order chi connectivity index (χ1) is 11.6. The Morgan fingerprint density at radius 3 is 2.92 bits per heavy atom. The van der Waals surface area contributed by atoms with Gasteiger partial charge in [0.25, 0.3) is 0 Å². The molecule has 24 heavy (non-hydrogen) atoms. The summed E-state index contributed by atoms with van der Waals surface area (Å²) in [6.45, 7) is 9.25. The number of likely N-dealkylation sites (tertiary alicyclic amines) is 1. The average Bonchev–Trinajstić information content (AvgIpc) is 3.15. The molecular weight excluding hydrogens is 302 g/mol. The van der Waals surface area contributed by atoms with Crippen molar-refractivity contribution in [3.8, 4) is 0 Å². The Morgan fingerprint density at radius 1 is 1.46 bits per heavy atom. The molecule has 134 valence electrons. The first-order valence-corrected chi connectivity index (χ1v) is 9.35. The van der Waals surface area contributed by atoms with E-state index < -0.39 is 5.54 Å². The standard InChI is InChI=1S/C18H31N5O/c1-15-5-3-11-22(14-15)16(2)13-20-17(24)18(6-9-19-10-7-18)23-12-4-8-21-23/h4,8,12,15-16,19H,3,5-7,9-11,13-14H2,1-2H3,(H,20,24). The Morgan fingerprint density at radius 2 is 2.25 bits per heavy atom. The number of carbonyl (C=O) groups excluding carboxylic acids is 1. The van der Waals surface area contributed by atoms with E-state index in [4.69, 9.17) is 0 Å². The molecular formula is C18H31N5O. The predicted octanol–water partition coefficient (Wildman–Crippen LogP) is 1.20. The van der Waals surface area contributed by atoms with E-state index in [1.807, 2.05) is 16.9 Å². The fraction of sp³-hybridized carbons (Fsp3) is 0.778. The number of nitrogens with one attached hydrogen (secondary N) is 2. The highest BCUT2D eigenvalue weighted by Crippen LogP contribution is 2.27. The van der Waals surface area contributed by atoms with Crippen LogP contribution in [0.5, 0.6) is 0 Å². The van der Waals surface area contributed by atoms with Gasteiger partial charge in [-0.15, -0.1) is 0 Å². The summed E-state index contributed by atoms with van der Waals surface area (Å²) in [5.41, 5.74) is -0.538. The van der Waals surface area contributed by atoms with Crippen LogP contribution in [-0.2, 0) is 10.3 Å². The molecule has 2 aliphatic rings. The maximum absolute atomic E-state index is 13.1. The number of hydrogen-bond donors (Lipinski definition) is 2. The highest BCUT2D eigenvalue weighted by molar-refractivity contribution is 5.84. The molecule has 3 rings (SSSR count). The van der Waals surface area contributed by atoms with Crippen molar-refractivity contribution in [1.82, 2.24) is 25.3 Å². The highest BCUT2D eigenvalue weighted by atomic mass is 16.2. The van der Waals surface area contributed by atoms with Crippen molar-refractivity contribution in [1.29, 1.82) is 0 Å². The zero-order valence-electron chi connectivity index (χ0n) is 15.0. The third kappa shape index (κ3) is 3.64. The van der Waals surface area contributed by atoms with Gasteiger partial charge >= 0.3 is 0 Å². The Bertz CT molecular complexity index is 524. The Kier molecular flexibility index (Phi) is 5.56. The maximum atomic E-state index is 13.1. The van der Waals surface area contributed by atoms with E-state index in [9.17, 15) is 4.79 Å². The first-order valence-electron chi connectivity index (χ1n) is 9.35. The summed E-state index contributed by atoms with van der Waals surface area (Å²) in [5.74, 6) is 0.876. The third-order valence-corrected chi connectivity index (χ3v) is 5.67. The second kappa shape index (κ2) is 7.66. The summed E-state index contributed by atoms with van der Waals surface area (Å²) in [4.78, 5) is 15.6. The van der Waals surface area contributed by atoms with Crippen molar-refractivity contribution in [2.75, 3.05) is 32.7 Å². The van der Waals surface area contributed by atoms with Crippen LogP contribution in [0, 0.1) is 5.92 Å². The van der Waals surface area contributed by atoms with Crippen molar-refractivity contribution in [3.05, 3.63) is 18.5 Å². The molecule has 0 aliphatic carbocycles. The minimum Gasteiger partial charge on any atom is -0.352 e. The summed E-state index contributed by atoms with van der Waals surface area (Å²) in [6, 6.07) is 2.28. The molecule has 0 aromatic carbocycles. The molecule has 1 aromatic rings. The smallest absolute Gasteiger partial charge is 0.248 e. The number of aromatic nitrogens is 2. The van der Waals surface area contributed by atoms with Crippen LogP contribution in [0.1, 0.15) is 39.5 Å². The SMILES string of the molecule is CC1CCCN(C(C)CNC(=O)C2(n3cccn3)CCNCC2)C1. The van der Waals surface area contributed by atoms with Crippen LogP contribution >= 0.6 is 0 Å². The average molecular weight is 333 g/mol. The molecule has 0 radical (unpaired) electrons. The van der Waals surface area contributed by atoms with E-state index in [0.717, 1.165) is 44.9 Å². The molecule has 6 nitrogen and oxygen atoms in total. The molecule has 2 unspecified atom stereocenters. The highest BCUT2D eigenvalue weighted by Gasteiger charge is 2.42. The fourth-order valence-electron chi connectivity index (χ4n) is 4.08. The fourth-order valence-corrected chi connectivity index (χ4v) is 4.08. The zero-order chi connectivity index (χ0) is 17.0. The van der Waals surface area contributed by atoms with Crippen molar-refractivity contribution in [3.63, 3.8) is 0 Å². The lowest BCUT2D eigenvalue weighted by molar-refractivity contribution is -0.132. The van der Waals surface area contributed by atoms with Crippen LogP contribution in [-0.4, -0.2) is 59.4 Å². The van der Waals surface area contributed by atoms with Gasteiger partial charge in [0.15, 0.2) is 0 Å². The van der Waals surface area contributed by atoms with Crippen LogP contribution in [0.2, 0.25) is 0 Å². The molecule has 2 atom stereocenters. The molecule has 1 amide bonds. The third-order valence-electron chi connectivity index (χ3n) is 5.67. The Labute approximate surface area is 145 Å². The largest absolute Gasteiger partial charge is 0.352 e. The number of carbonyl (C=O) groups is 1. The molecule has 0 spiro atoms. The van der Waals surface area contributed by atoms with Gasteiger partial charge in [-0.05, 0) is 64.2 Å². The van der Waals surface area contributed by atoms with Gasteiger partial charge in [0.05, 0.1) is 0 Å². The van der Waals surface area contributed by atoms with Gasteiger partial charge in [0.1, 0.15) is 5.54 Å². The molecule has 0 bridgehead atoms. The Balaban J connectivity index is 1.62. The zero-order valence-corrected chi connectivity index (χ0v) is 15.0. The molecule has 2 aliphatic heterocycles. The van der Waals surface area contributed by atoms with Crippen molar-refractivity contribution in [2.45, 2.75) is 51.1 Å². The van der Waals surface area contributed by atoms with Crippen molar-refractivity contribution >= 4 is 5.91 Å². The maximum Gasteiger partial charge on any atom is 0.248 e. The second-order valence-electron chi connectivity index (χ2n) is 7.53. The van der Waals surface area contributed by atoms with Crippen LogP contribution < -0.4 is 10.6 Å². The van der Waals surface area contributed by atoms with Gasteiger partial charge in [-0.3, -0.25) is 14.4 Å². The molecule has 3 heterocycles. The topological polar surface area (TPSA) is 62.2 Å². The number of rotatable bonds is 5. The first kappa shape index (κ1) is 17.4. The van der Waals surface area contributed by atoms with Crippen LogP contribution in [0.4, 0.5) is 0 Å². The summed E-state index contributed by atoms with van der Waals surface area (Å²) >= 11 is 0. The summed E-state index contributed by atoms with van der Waals surface area (Å²) in [6.07, 6.45) is 7.84. The number of hydrogen-bond acceptors (Lipinski definition) is 4. The molecule has 2 saturated heterocycles. The van der Waals surface area contributed by atoms with Crippen LogP contribution in [0.25, 0.3) is 0 Å². The van der Waals surface area contributed by atoms with E-state index in [-0.39, 0.29) is 5.91 Å². The monoisotopic (exact) mass is 333 g/mol. The predicted molar refractivity (Wildman–Crippen MR) is 94.7 cm³/mol. The van der Waals surface area contributed by atoms with E-state index >= 15 is 0 Å². The van der Waals surface area contributed by atoms with Gasteiger partial charge in [-0.25, -0.2) is 0 Å². The molecule has 6 heteroatoms. The van der Waals surface area contributed by atoms with Gasteiger partial charge < -0.3 is 10.6 Å². The number of nitrogens with zero attached hydrogens (tertiary/aromatic N) is 3. The van der Waals surface area contributed by atoms with Crippen LogP contribution in [0.15, 0.2) is 18.5 Å². The lowest BCUT2D eigenvalue weighted by Crippen LogP contribution is -2.56. The molecule has 2 fully saturated rings. The Hall–Kier alpha value is -1.40. The second-order valence-corrected chi connectivity index (χ2v) is 7.53. The normalized spacial score (nSPS) is 26.0. The minimum absolute atomic E-state index is 0.115. The van der Waals surface area contributed by atoms with Gasteiger partial charge in [-0.2, -0.15) is 5.10 Å². The van der Waals surface area contributed by atoms with Gasteiger partial charge in [-0.1, -0.05) is 6.92 Å². The van der Waals surface area contributed by atoms with E-state index in [1.165, 1.54) is 12.8 Å². The van der Waals surface area contributed by atoms with Crippen LogP contribution in [0.3, 0.4) is 0 Å². The van der Waals surface area contributed by atoms with Gasteiger partial charge in [0, 0.05) is 31.5 Å².